The van der Waals surface area contributed by atoms with Gasteiger partial charge in [0.25, 0.3) is 0 Å². The van der Waals surface area contributed by atoms with Crippen LogP contribution in [-0.2, 0) is 4.79 Å². The lowest BCUT2D eigenvalue weighted by Crippen LogP contribution is -2.12. The Kier molecular flexibility index (Phi) is 3.99. The number of allylic oxidation sites excluding steroid dienone is 4. The number of rotatable bonds is 4. The summed E-state index contributed by atoms with van der Waals surface area (Å²) in [4.78, 5) is 11.1. The third kappa shape index (κ3) is 3.51. The van der Waals surface area contributed by atoms with E-state index in [0.29, 0.717) is 12.8 Å². The van der Waals surface area contributed by atoms with E-state index >= 15 is 0 Å². The summed E-state index contributed by atoms with van der Waals surface area (Å²) in [5.41, 5.74) is 5.83. The fourth-order valence-electron chi connectivity index (χ4n) is 1.27. The van der Waals surface area contributed by atoms with Gasteiger partial charge in [-0.1, -0.05) is 11.8 Å². The Morgan fingerprint density at radius 1 is 1.73 bits per heavy atom. The van der Waals surface area contributed by atoms with Crippen molar-refractivity contribution in [1.82, 2.24) is 0 Å². The van der Waals surface area contributed by atoms with E-state index in [0.717, 1.165) is 11.8 Å². The van der Waals surface area contributed by atoms with Crippen LogP contribution in [0.2, 0.25) is 0 Å². The van der Waals surface area contributed by atoms with Crippen molar-refractivity contribution < 1.29 is 9.18 Å². The van der Waals surface area contributed by atoms with Crippen LogP contribution >= 0.6 is 0 Å². The molecule has 0 fully saturated rings. The zero-order valence-corrected chi connectivity index (χ0v) is 8.51. The van der Waals surface area contributed by atoms with Crippen molar-refractivity contribution in [1.29, 1.82) is 5.41 Å². The fourth-order valence-corrected chi connectivity index (χ4v) is 1.27. The minimum Gasteiger partial charge on any atom is -0.312 e. The molecule has 15 heavy (non-hydrogen) atoms. The van der Waals surface area contributed by atoms with Gasteiger partial charge in [0.15, 0.2) is 5.83 Å². The maximum absolute atomic E-state index is 12.7. The lowest BCUT2D eigenvalue weighted by Gasteiger charge is -2.07. The van der Waals surface area contributed by atoms with Crippen LogP contribution < -0.4 is 0 Å². The number of nitrogens with one attached hydrogen (secondary N) is 1. The van der Waals surface area contributed by atoms with Crippen LogP contribution in [0.15, 0.2) is 35.0 Å². The molecule has 1 unspecified atom stereocenters. The molecule has 0 aromatic heterocycles. The average Bonchev–Trinajstić information content (AvgIpc) is 2.39. The van der Waals surface area contributed by atoms with Crippen molar-refractivity contribution in [3.8, 4) is 0 Å². The quantitative estimate of drug-likeness (QED) is 0.556. The van der Waals surface area contributed by atoms with Crippen molar-refractivity contribution in [3.63, 3.8) is 0 Å². The first-order chi connectivity index (χ1) is 7.13. The van der Waals surface area contributed by atoms with Crippen molar-refractivity contribution in [3.05, 3.63) is 35.0 Å². The van der Waals surface area contributed by atoms with Gasteiger partial charge in [-0.15, -0.1) is 0 Å². The summed E-state index contributed by atoms with van der Waals surface area (Å²) in [7, 11) is 0. The van der Waals surface area contributed by atoms with E-state index in [-0.39, 0.29) is 5.78 Å². The molecule has 1 aliphatic rings. The molecule has 1 N–H and O–H groups in total. The highest BCUT2D eigenvalue weighted by Gasteiger charge is 2.13. The van der Waals surface area contributed by atoms with Gasteiger partial charge in [-0.05, 0) is 37.1 Å². The van der Waals surface area contributed by atoms with E-state index in [1.165, 1.54) is 13.0 Å². The molecule has 0 amide bonds. The molecular formula is C12H12FNO. The molecule has 1 rings (SSSR count). The highest BCUT2D eigenvalue weighted by Crippen LogP contribution is 2.16. The Balaban J connectivity index is 2.83. The van der Waals surface area contributed by atoms with E-state index in [1.807, 2.05) is 0 Å². The summed E-state index contributed by atoms with van der Waals surface area (Å²) in [5, 5.41) is 7.10. The van der Waals surface area contributed by atoms with Crippen LogP contribution in [0.4, 0.5) is 4.39 Å². The summed E-state index contributed by atoms with van der Waals surface area (Å²) < 4.78 is 12.7. The van der Waals surface area contributed by atoms with Gasteiger partial charge in [-0.3, -0.25) is 4.79 Å². The molecule has 0 saturated heterocycles. The van der Waals surface area contributed by atoms with Crippen LogP contribution in [-0.4, -0.2) is 12.0 Å². The molecular weight excluding hydrogens is 193 g/mol. The lowest BCUT2D eigenvalue weighted by molar-refractivity contribution is -0.118. The van der Waals surface area contributed by atoms with Gasteiger partial charge in [0, 0.05) is 6.21 Å². The van der Waals surface area contributed by atoms with Crippen LogP contribution in [0.25, 0.3) is 0 Å². The van der Waals surface area contributed by atoms with Crippen molar-refractivity contribution in [2.24, 2.45) is 5.92 Å². The van der Waals surface area contributed by atoms with Crippen LogP contribution in [0.3, 0.4) is 0 Å². The number of hydrogen-bond donors (Lipinski definition) is 1. The monoisotopic (exact) mass is 205 g/mol. The molecule has 1 aliphatic carbocycles. The van der Waals surface area contributed by atoms with Gasteiger partial charge in [-0.2, -0.15) is 4.39 Å². The molecule has 0 bridgehead atoms. The average molecular weight is 205 g/mol. The number of halogens is 1. The second-order valence-corrected chi connectivity index (χ2v) is 3.40. The lowest BCUT2D eigenvalue weighted by atomic mass is 9.96. The van der Waals surface area contributed by atoms with Crippen LogP contribution in [0, 0.1) is 11.3 Å². The molecule has 0 saturated carbocycles. The molecule has 3 heteroatoms. The van der Waals surface area contributed by atoms with Crippen LogP contribution in [0.1, 0.15) is 19.8 Å². The number of Topliss-reactive ketones (excluding diaryl/α,β-unsaturated/α-hetero) is 1. The van der Waals surface area contributed by atoms with E-state index in [4.69, 9.17) is 5.41 Å². The van der Waals surface area contributed by atoms with Gasteiger partial charge >= 0.3 is 0 Å². The minimum absolute atomic E-state index is 0.0584. The van der Waals surface area contributed by atoms with Crippen molar-refractivity contribution in [2.75, 3.05) is 0 Å². The Bertz CT molecular complexity index is 407. The van der Waals surface area contributed by atoms with Gasteiger partial charge in [-0.25, -0.2) is 0 Å². The van der Waals surface area contributed by atoms with E-state index in [1.54, 1.807) is 6.08 Å². The van der Waals surface area contributed by atoms with Crippen molar-refractivity contribution >= 4 is 12.0 Å². The van der Waals surface area contributed by atoms with E-state index in [2.05, 4.69) is 11.5 Å². The largest absolute Gasteiger partial charge is 0.312 e. The smallest absolute Gasteiger partial charge is 0.173 e. The van der Waals surface area contributed by atoms with Crippen molar-refractivity contribution in [2.45, 2.75) is 19.8 Å². The third-order valence-electron chi connectivity index (χ3n) is 2.18. The van der Waals surface area contributed by atoms with Gasteiger partial charge < -0.3 is 5.41 Å². The summed E-state index contributed by atoms with van der Waals surface area (Å²) in [6.07, 6.45) is 5.08. The first-order valence-corrected chi connectivity index (χ1v) is 4.70. The molecule has 0 radical (unpaired) electrons. The highest BCUT2D eigenvalue weighted by atomic mass is 19.1. The maximum Gasteiger partial charge on any atom is 0.173 e. The molecule has 0 aromatic rings. The van der Waals surface area contributed by atoms with Gasteiger partial charge in [0.05, 0.1) is 5.92 Å². The maximum atomic E-state index is 12.7. The number of carbonyl (C=O) groups is 1. The molecule has 0 aliphatic heterocycles. The zero-order valence-electron chi connectivity index (χ0n) is 8.51. The minimum atomic E-state index is -0.459. The number of hydrogen-bond acceptors (Lipinski definition) is 2. The predicted octanol–water partition coefficient (Wildman–Crippen LogP) is 2.72. The Hall–Kier alpha value is -1.69. The summed E-state index contributed by atoms with van der Waals surface area (Å²) in [5.74, 6) is -0.944. The molecule has 0 heterocycles. The standard InChI is InChI=1S/C12H12FNO/c1-9(15)11(8-14)7-10-3-2-4-12(13)6-5-10/h2,4,8,11,14H,3,7H2,1H3. The fraction of sp³-hybridized carbons (Fsp3) is 0.333. The van der Waals surface area contributed by atoms with Gasteiger partial charge in [0.2, 0.25) is 0 Å². The van der Waals surface area contributed by atoms with Crippen LogP contribution in [0.5, 0.6) is 0 Å². The first-order valence-electron chi connectivity index (χ1n) is 4.70. The SMILES string of the molecule is CC(=O)C(C=N)CC1=C=C=C(F)C=CC1. The Morgan fingerprint density at radius 3 is 3.07 bits per heavy atom. The molecule has 0 aromatic carbocycles. The highest BCUT2D eigenvalue weighted by molar-refractivity contribution is 5.92. The third-order valence-corrected chi connectivity index (χ3v) is 2.18. The Labute approximate surface area is 88.0 Å². The zero-order chi connectivity index (χ0) is 11.3. The summed E-state index contributed by atoms with van der Waals surface area (Å²) in [6, 6.07) is 0. The number of carbonyl (C=O) groups excluding carboxylic acids is 1. The second kappa shape index (κ2) is 5.26. The Morgan fingerprint density at radius 2 is 2.47 bits per heavy atom. The topological polar surface area (TPSA) is 40.9 Å². The summed E-state index contributed by atoms with van der Waals surface area (Å²) >= 11 is 0. The predicted molar refractivity (Wildman–Crippen MR) is 56.5 cm³/mol. The van der Waals surface area contributed by atoms with E-state index < -0.39 is 11.7 Å². The molecule has 2 nitrogen and oxygen atoms in total. The molecule has 1 atom stereocenters. The number of ketones is 1. The van der Waals surface area contributed by atoms with Gasteiger partial charge in [0.1, 0.15) is 5.78 Å². The first kappa shape index (κ1) is 11.4. The van der Waals surface area contributed by atoms with E-state index in [9.17, 15) is 9.18 Å². The second-order valence-electron chi connectivity index (χ2n) is 3.40. The summed E-state index contributed by atoms with van der Waals surface area (Å²) in [6.45, 7) is 1.45. The normalized spacial score (nSPS) is 16.4. The molecule has 78 valence electrons. The molecule has 0 spiro atoms.